The highest BCUT2D eigenvalue weighted by Crippen LogP contribution is 2.33. The molecule has 5 nitrogen and oxygen atoms in total. The summed E-state index contributed by atoms with van der Waals surface area (Å²) in [5.74, 6) is -0.424. The number of hydrogen-bond donors (Lipinski definition) is 0. The quantitative estimate of drug-likeness (QED) is 0.462. The lowest BCUT2D eigenvalue weighted by Crippen LogP contribution is -2.27. The van der Waals surface area contributed by atoms with Gasteiger partial charge in [-0.05, 0) is 23.3 Å². The number of benzene rings is 3. The van der Waals surface area contributed by atoms with Crippen LogP contribution in [0.3, 0.4) is 0 Å². The molecule has 3 aromatic rings. The smallest absolute Gasteiger partial charge is 0.338 e. The van der Waals surface area contributed by atoms with E-state index in [1.807, 2.05) is 60.7 Å². The van der Waals surface area contributed by atoms with Crippen LogP contribution in [-0.2, 0) is 14.2 Å². The summed E-state index contributed by atoms with van der Waals surface area (Å²) < 4.78 is 16.7. The van der Waals surface area contributed by atoms with Crippen molar-refractivity contribution in [1.29, 1.82) is 0 Å². The molecule has 1 heterocycles. The van der Waals surface area contributed by atoms with Gasteiger partial charge in [0, 0.05) is 24.3 Å². The van der Waals surface area contributed by atoms with Crippen molar-refractivity contribution in [1.82, 2.24) is 0 Å². The number of carbonyl (C=O) groups excluding carboxylic acids is 2. The van der Waals surface area contributed by atoms with Crippen molar-refractivity contribution in [3.63, 3.8) is 0 Å². The van der Waals surface area contributed by atoms with Crippen LogP contribution in [0.25, 0.3) is 11.1 Å². The fourth-order valence-corrected chi connectivity index (χ4v) is 4.65. The van der Waals surface area contributed by atoms with Gasteiger partial charge in [-0.15, -0.1) is 0 Å². The number of thioether (sulfide) groups is 1. The van der Waals surface area contributed by atoms with E-state index in [0.29, 0.717) is 17.5 Å². The Morgan fingerprint density at radius 2 is 1.50 bits per heavy atom. The van der Waals surface area contributed by atoms with Crippen molar-refractivity contribution < 1.29 is 23.8 Å². The fraction of sp³-hybridized carbons (Fsp3) is 0.231. The summed E-state index contributed by atoms with van der Waals surface area (Å²) in [7, 11) is 1.56. The third-order valence-electron chi connectivity index (χ3n) is 5.30. The molecule has 0 bridgehead atoms. The normalized spacial score (nSPS) is 20.1. The van der Waals surface area contributed by atoms with E-state index in [4.69, 9.17) is 14.2 Å². The van der Waals surface area contributed by atoms with Crippen LogP contribution in [0.2, 0.25) is 0 Å². The van der Waals surface area contributed by atoms with Gasteiger partial charge < -0.3 is 14.2 Å². The van der Waals surface area contributed by atoms with Gasteiger partial charge in [0.15, 0.2) is 6.29 Å². The Labute approximate surface area is 191 Å². The molecule has 0 aliphatic carbocycles. The lowest BCUT2D eigenvalue weighted by molar-refractivity contribution is -0.123. The molecule has 0 unspecified atom stereocenters. The number of esters is 1. The molecule has 6 heteroatoms. The molecule has 164 valence electrons. The van der Waals surface area contributed by atoms with Gasteiger partial charge in [0.05, 0.1) is 5.56 Å². The van der Waals surface area contributed by atoms with Crippen molar-refractivity contribution in [2.75, 3.05) is 13.7 Å². The van der Waals surface area contributed by atoms with Crippen LogP contribution in [0.15, 0.2) is 84.9 Å². The summed E-state index contributed by atoms with van der Waals surface area (Å²) in [5.41, 5.74) is 3.21. The summed E-state index contributed by atoms with van der Waals surface area (Å²) in [6.07, 6.45) is -0.302. The zero-order chi connectivity index (χ0) is 22.3. The number of carbonyl (C=O) groups is 2. The minimum atomic E-state index is -0.426. The van der Waals surface area contributed by atoms with Gasteiger partial charge in [-0.2, -0.15) is 0 Å². The second-order valence-electron chi connectivity index (χ2n) is 7.43. The molecular weight excluding hydrogens is 424 g/mol. The average molecular weight is 449 g/mol. The molecule has 3 aromatic carbocycles. The first-order valence-corrected chi connectivity index (χ1v) is 11.3. The fourth-order valence-electron chi connectivity index (χ4n) is 3.55. The summed E-state index contributed by atoms with van der Waals surface area (Å²) in [4.78, 5) is 25.2. The second-order valence-corrected chi connectivity index (χ2v) is 8.64. The van der Waals surface area contributed by atoms with Crippen LogP contribution in [0.5, 0.6) is 0 Å². The van der Waals surface area contributed by atoms with E-state index < -0.39 is 18.4 Å². The standard InChI is InChI=1S/C26H24O5S/c1-29-24-16-23(32-26(28)21-10-6-3-7-11-21)22(31-24)17-30-25(27)20-14-12-19(13-15-20)18-8-4-2-5-9-18/h2-15,22-24H,16-17H2,1H3/t22-,23+,24+/m1/s1. The Bertz CT molecular complexity index is 1040. The molecule has 0 aromatic heterocycles. The molecule has 1 aliphatic heterocycles. The Balaban J connectivity index is 1.36. The van der Waals surface area contributed by atoms with E-state index in [-0.39, 0.29) is 17.0 Å². The van der Waals surface area contributed by atoms with Crippen LogP contribution < -0.4 is 0 Å². The predicted octanol–water partition coefficient (Wildman–Crippen LogP) is 5.21. The van der Waals surface area contributed by atoms with Gasteiger partial charge in [0.2, 0.25) is 5.12 Å². The highest BCUT2D eigenvalue weighted by atomic mass is 32.2. The number of ether oxygens (including phenoxy) is 3. The number of rotatable bonds is 7. The van der Waals surface area contributed by atoms with Gasteiger partial charge in [-0.3, -0.25) is 4.79 Å². The SMILES string of the molecule is CO[C@@H]1C[C@H](SC(=O)c2ccccc2)[C@@H](COC(=O)c2ccc(-c3ccccc3)cc2)O1. The first-order chi connectivity index (χ1) is 15.6. The van der Waals surface area contributed by atoms with Crippen molar-refractivity contribution in [3.8, 4) is 11.1 Å². The molecule has 4 rings (SSSR count). The third-order valence-corrected chi connectivity index (χ3v) is 6.55. The van der Waals surface area contributed by atoms with E-state index in [2.05, 4.69) is 0 Å². The van der Waals surface area contributed by atoms with E-state index in [1.165, 1.54) is 11.8 Å². The molecule has 1 saturated heterocycles. The molecule has 0 radical (unpaired) electrons. The molecule has 0 saturated carbocycles. The first kappa shape index (κ1) is 22.3. The van der Waals surface area contributed by atoms with Crippen LogP contribution in [0.1, 0.15) is 27.1 Å². The molecule has 32 heavy (non-hydrogen) atoms. The first-order valence-electron chi connectivity index (χ1n) is 10.4. The molecule has 1 fully saturated rings. The number of methoxy groups -OCH3 is 1. The van der Waals surface area contributed by atoms with Gasteiger partial charge in [0.25, 0.3) is 0 Å². The van der Waals surface area contributed by atoms with Gasteiger partial charge in [0.1, 0.15) is 12.7 Å². The Hall–Kier alpha value is -2.93. The molecule has 0 N–H and O–H groups in total. The molecule has 3 atom stereocenters. The molecular formula is C26H24O5S. The second kappa shape index (κ2) is 10.6. The molecule has 1 aliphatic rings. The van der Waals surface area contributed by atoms with Gasteiger partial charge >= 0.3 is 5.97 Å². The van der Waals surface area contributed by atoms with E-state index >= 15 is 0 Å². The summed E-state index contributed by atoms with van der Waals surface area (Å²) in [6.45, 7) is 0.0544. The molecule has 0 spiro atoms. The summed E-state index contributed by atoms with van der Waals surface area (Å²) in [5, 5.41) is -0.204. The highest BCUT2D eigenvalue weighted by Gasteiger charge is 2.38. The van der Waals surface area contributed by atoms with Crippen molar-refractivity contribution >= 4 is 22.8 Å². The zero-order valence-corrected chi connectivity index (χ0v) is 18.5. The number of hydrogen-bond acceptors (Lipinski definition) is 6. The minimum absolute atomic E-state index is 0.0382. The maximum Gasteiger partial charge on any atom is 0.338 e. The molecule has 0 amide bonds. The van der Waals surface area contributed by atoms with Crippen molar-refractivity contribution in [3.05, 3.63) is 96.1 Å². The summed E-state index contributed by atoms with van der Waals surface area (Å²) in [6, 6.07) is 26.4. The zero-order valence-electron chi connectivity index (χ0n) is 17.7. The van der Waals surface area contributed by atoms with Gasteiger partial charge in [-0.1, -0.05) is 84.6 Å². The monoisotopic (exact) mass is 448 g/mol. The van der Waals surface area contributed by atoms with Crippen LogP contribution >= 0.6 is 11.8 Å². The van der Waals surface area contributed by atoms with E-state index in [1.54, 1.807) is 31.4 Å². The maximum absolute atomic E-state index is 12.6. The highest BCUT2D eigenvalue weighted by molar-refractivity contribution is 8.14. The topological polar surface area (TPSA) is 61.8 Å². The average Bonchev–Trinajstić information content (AvgIpc) is 3.25. The maximum atomic E-state index is 12.6. The summed E-state index contributed by atoms with van der Waals surface area (Å²) >= 11 is 1.20. The van der Waals surface area contributed by atoms with Crippen molar-refractivity contribution in [2.24, 2.45) is 0 Å². The van der Waals surface area contributed by atoms with Crippen LogP contribution in [0.4, 0.5) is 0 Å². The van der Waals surface area contributed by atoms with E-state index in [0.717, 1.165) is 11.1 Å². The Kier molecular flexibility index (Phi) is 7.37. The van der Waals surface area contributed by atoms with Crippen LogP contribution in [-0.4, -0.2) is 42.4 Å². The van der Waals surface area contributed by atoms with Crippen LogP contribution in [0, 0.1) is 0 Å². The third kappa shape index (κ3) is 5.46. The van der Waals surface area contributed by atoms with Crippen molar-refractivity contribution in [2.45, 2.75) is 24.1 Å². The minimum Gasteiger partial charge on any atom is -0.459 e. The van der Waals surface area contributed by atoms with E-state index in [9.17, 15) is 9.59 Å². The lowest BCUT2D eigenvalue weighted by atomic mass is 10.0. The Morgan fingerprint density at radius 3 is 2.16 bits per heavy atom. The largest absolute Gasteiger partial charge is 0.459 e. The predicted molar refractivity (Wildman–Crippen MR) is 125 cm³/mol. The Morgan fingerprint density at radius 1 is 0.875 bits per heavy atom. The lowest BCUT2D eigenvalue weighted by Gasteiger charge is -2.17. The van der Waals surface area contributed by atoms with Gasteiger partial charge in [-0.25, -0.2) is 4.79 Å².